The summed E-state index contributed by atoms with van der Waals surface area (Å²) in [6.45, 7) is 1.32. The summed E-state index contributed by atoms with van der Waals surface area (Å²) in [5, 5.41) is 4.37. The van der Waals surface area contributed by atoms with Crippen LogP contribution in [0.4, 0.5) is 5.69 Å². The topological polar surface area (TPSA) is 94.5 Å². The highest BCUT2D eigenvalue weighted by Crippen LogP contribution is 2.62. The molecule has 0 N–H and O–H groups in total. The van der Waals surface area contributed by atoms with Gasteiger partial charge in [0, 0.05) is 24.3 Å². The van der Waals surface area contributed by atoms with Crippen molar-refractivity contribution in [2.75, 3.05) is 12.0 Å². The van der Waals surface area contributed by atoms with Crippen LogP contribution in [0.25, 0.3) is 0 Å². The summed E-state index contributed by atoms with van der Waals surface area (Å²) in [6, 6.07) is 14.1. The summed E-state index contributed by atoms with van der Waals surface area (Å²) in [7, 11) is 1.62. The normalized spacial score (nSPS) is 31.2. The van der Waals surface area contributed by atoms with E-state index >= 15 is 0 Å². The average molecular weight is 446 g/mol. The molecule has 3 fully saturated rings. The molecule has 168 valence electrons. The second-order valence-electron chi connectivity index (χ2n) is 9.02. The van der Waals surface area contributed by atoms with Crippen LogP contribution in [-0.4, -0.2) is 36.7 Å². The maximum absolute atomic E-state index is 13.5. The van der Waals surface area contributed by atoms with Crippen molar-refractivity contribution in [3.63, 3.8) is 0 Å². The minimum atomic E-state index is -0.428. The molecule has 8 nitrogen and oxygen atoms in total. The highest BCUT2D eigenvalue weighted by Gasteiger charge is 2.70. The monoisotopic (exact) mass is 446 g/mol. The van der Waals surface area contributed by atoms with E-state index in [1.165, 1.54) is 11.8 Å². The van der Waals surface area contributed by atoms with Crippen LogP contribution in [0.5, 0.6) is 11.5 Å². The first-order valence-electron chi connectivity index (χ1n) is 11.0. The summed E-state index contributed by atoms with van der Waals surface area (Å²) >= 11 is 0. The second-order valence-corrected chi connectivity index (χ2v) is 9.02. The predicted octanol–water partition coefficient (Wildman–Crippen LogP) is 2.80. The van der Waals surface area contributed by atoms with E-state index in [1.54, 1.807) is 31.4 Å². The molecule has 2 aromatic carbocycles. The number of imide groups is 1. The van der Waals surface area contributed by atoms with Crippen LogP contribution >= 0.6 is 0 Å². The molecule has 2 heterocycles. The summed E-state index contributed by atoms with van der Waals surface area (Å²) in [5.74, 6) is -0.444. The van der Waals surface area contributed by atoms with Gasteiger partial charge < -0.3 is 14.3 Å². The number of hydrogen-bond acceptors (Lipinski definition) is 7. The molecule has 4 aliphatic rings. The van der Waals surface area contributed by atoms with Gasteiger partial charge >= 0.3 is 5.97 Å². The van der Waals surface area contributed by atoms with E-state index < -0.39 is 5.97 Å². The van der Waals surface area contributed by atoms with Crippen molar-refractivity contribution >= 4 is 29.2 Å². The molecule has 2 saturated carbocycles. The van der Waals surface area contributed by atoms with Crippen molar-refractivity contribution in [1.82, 2.24) is 0 Å². The number of carbonyl (C=O) groups excluding carboxylic acids is 3. The van der Waals surface area contributed by atoms with Crippen LogP contribution in [0.2, 0.25) is 0 Å². The summed E-state index contributed by atoms with van der Waals surface area (Å²) in [6.07, 6.45) is 0.604. The molecule has 2 aliphatic heterocycles. The minimum Gasteiger partial charge on any atom is -0.497 e. The molecular formula is C25H22N2O6. The van der Waals surface area contributed by atoms with E-state index in [9.17, 15) is 14.4 Å². The summed E-state index contributed by atoms with van der Waals surface area (Å²) in [4.78, 5) is 45.2. The van der Waals surface area contributed by atoms with Crippen LogP contribution in [0.15, 0.2) is 53.7 Å². The first-order valence-corrected chi connectivity index (χ1v) is 11.0. The van der Waals surface area contributed by atoms with E-state index in [2.05, 4.69) is 5.16 Å². The molecule has 2 amide bonds. The van der Waals surface area contributed by atoms with Gasteiger partial charge in [0.15, 0.2) is 0 Å². The van der Waals surface area contributed by atoms with Crippen LogP contribution in [0.1, 0.15) is 18.9 Å². The van der Waals surface area contributed by atoms with Crippen molar-refractivity contribution in [3.8, 4) is 11.5 Å². The Kier molecular flexibility index (Phi) is 4.33. The molecule has 8 heteroatoms. The lowest BCUT2D eigenvalue weighted by Gasteiger charge is -2.29. The zero-order valence-electron chi connectivity index (χ0n) is 18.1. The number of benzene rings is 2. The summed E-state index contributed by atoms with van der Waals surface area (Å²) in [5.41, 5.74) is 2.28. The molecule has 2 aliphatic carbocycles. The van der Waals surface area contributed by atoms with Crippen LogP contribution in [0.3, 0.4) is 0 Å². The quantitative estimate of drug-likeness (QED) is 0.407. The number of nitrogens with zero attached hydrogens (tertiary/aromatic N) is 2. The van der Waals surface area contributed by atoms with Gasteiger partial charge in [-0.05, 0) is 60.9 Å². The lowest BCUT2D eigenvalue weighted by molar-refractivity contribution is -0.132. The Balaban J connectivity index is 1.28. The van der Waals surface area contributed by atoms with E-state index in [1.807, 2.05) is 24.3 Å². The zero-order valence-corrected chi connectivity index (χ0v) is 18.1. The fraction of sp³-hybridized carbons (Fsp3) is 0.360. The number of fused-ring (bicyclic) bond motifs is 8. The minimum absolute atomic E-state index is 0.00677. The Hall–Kier alpha value is -3.68. The zero-order chi connectivity index (χ0) is 22.9. The van der Waals surface area contributed by atoms with Crippen molar-refractivity contribution in [2.45, 2.75) is 19.4 Å². The first kappa shape index (κ1) is 20.0. The number of esters is 1. The molecule has 0 radical (unpaired) electrons. The van der Waals surface area contributed by atoms with E-state index in [-0.39, 0.29) is 47.5 Å². The Labute approximate surface area is 190 Å². The molecule has 6 rings (SSSR count). The highest BCUT2D eigenvalue weighted by atomic mass is 16.6. The SMILES string of the molecule is COc1ccc(C2=NO[C@@H]3[C@H]4C[C@H]([C@H]5C(=O)N(c6ccc(OC(C)=O)cc6)C(=O)[C@H]45)[C@H]23)cc1. The first-order chi connectivity index (χ1) is 16.0. The van der Waals surface area contributed by atoms with Crippen molar-refractivity contribution in [1.29, 1.82) is 0 Å². The smallest absolute Gasteiger partial charge is 0.308 e. The Morgan fingerprint density at radius 2 is 1.58 bits per heavy atom. The van der Waals surface area contributed by atoms with Gasteiger partial charge in [-0.3, -0.25) is 19.3 Å². The molecule has 33 heavy (non-hydrogen) atoms. The third kappa shape index (κ3) is 2.83. The Morgan fingerprint density at radius 3 is 2.21 bits per heavy atom. The average Bonchev–Trinajstić information content (AvgIpc) is 3.55. The van der Waals surface area contributed by atoms with Crippen molar-refractivity contribution in [2.24, 2.45) is 34.7 Å². The third-order valence-corrected chi connectivity index (χ3v) is 7.43. The largest absolute Gasteiger partial charge is 0.497 e. The van der Waals surface area contributed by atoms with Gasteiger partial charge in [0.1, 0.15) is 17.6 Å². The number of oxime groups is 1. The number of hydrogen-bond donors (Lipinski definition) is 0. The molecular weight excluding hydrogens is 424 g/mol. The van der Waals surface area contributed by atoms with Gasteiger partial charge in [-0.15, -0.1) is 0 Å². The molecule has 1 saturated heterocycles. The predicted molar refractivity (Wildman–Crippen MR) is 117 cm³/mol. The fourth-order valence-electron chi connectivity index (χ4n) is 6.21. The second kappa shape index (κ2) is 7.16. The highest BCUT2D eigenvalue weighted by molar-refractivity contribution is 6.23. The molecule has 2 aromatic rings. The molecule has 0 unspecified atom stereocenters. The lowest BCUT2D eigenvalue weighted by Crippen LogP contribution is -2.41. The van der Waals surface area contributed by atoms with Gasteiger partial charge in [0.05, 0.1) is 30.3 Å². The number of anilines is 1. The van der Waals surface area contributed by atoms with E-state index in [0.29, 0.717) is 11.4 Å². The van der Waals surface area contributed by atoms with Gasteiger partial charge in [-0.2, -0.15) is 0 Å². The van der Waals surface area contributed by atoms with Gasteiger partial charge in [-0.25, -0.2) is 0 Å². The molecule has 2 bridgehead atoms. The number of carbonyl (C=O) groups is 3. The van der Waals surface area contributed by atoms with Crippen LogP contribution in [0, 0.1) is 29.6 Å². The van der Waals surface area contributed by atoms with Crippen LogP contribution < -0.4 is 14.4 Å². The maximum atomic E-state index is 13.5. The van der Waals surface area contributed by atoms with Crippen molar-refractivity contribution in [3.05, 3.63) is 54.1 Å². The third-order valence-electron chi connectivity index (χ3n) is 7.43. The number of rotatable bonds is 4. The van der Waals surface area contributed by atoms with Gasteiger partial charge in [0.25, 0.3) is 0 Å². The molecule has 0 aromatic heterocycles. The molecule has 6 atom stereocenters. The van der Waals surface area contributed by atoms with E-state index in [0.717, 1.165) is 23.4 Å². The maximum Gasteiger partial charge on any atom is 0.308 e. The van der Waals surface area contributed by atoms with Gasteiger partial charge in [-0.1, -0.05) is 5.16 Å². The number of methoxy groups -OCH3 is 1. The fourth-order valence-corrected chi connectivity index (χ4v) is 6.21. The van der Waals surface area contributed by atoms with Gasteiger partial charge in [0.2, 0.25) is 11.8 Å². The number of ether oxygens (including phenoxy) is 2. The standard InChI is InChI=1S/C25H22N2O6/c1-12(28)32-16-9-5-14(6-10-16)27-24(29)19-17-11-18(20(19)25(27)30)23-21(17)22(26-33-23)13-3-7-15(31-2)8-4-13/h3-10,17-21,23H,11H2,1-2H3/t17-,18+,19-,20-,21-,23-/m1/s1. The summed E-state index contributed by atoms with van der Waals surface area (Å²) < 4.78 is 10.3. The van der Waals surface area contributed by atoms with Crippen LogP contribution in [-0.2, 0) is 19.2 Å². The Bertz CT molecular complexity index is 1190. The lowest BCUT2D eigenvalue weighted by atomic mass is 9.71. The van der Waals surface area contributed by atoms with E-state index in [4.69, 9.17) is 14.3 Å². The van der Waals surface area contributed by atoms with Crippen molar-refractivity contribution < 1.29 is 28.7 Å². The Morgan fingerprint density at radius 1 is 0.939 bits per heavy atom. The number of amides is 2. The molecule has 0 spiro atoms.